The smallest absolute Gasteiger partial charge is 0.0487 e. The van der Waals surface area contributed by atoms with Gasteiger partial charge in [0.2, 0.25) is 0 Å². The Hall–Kier alpha value is -0.340. The van der Waals surface area contributed by atoms with E-state index >= 15 is 0 Å². The van der Waals surface area contributed by atoms with E-state index in [1.807, 2.05) is 18.4 Å². The first-order chi connectivity index (χ1) is 5.17. The molecule has 0 spiro atoms. The fraction of sp³-hybridized carbons (Fsp3) is 0.429. The maximum absolute atomic E-state index is 7.55. The monoisotopic (exact) mass is 143 g/mol. The van der Waals surface area contributed by atoms with Gasteiger partial charge in [-0.25, -0.2) is 0 Å². The van der Waals surface area contributed by atoms with E-state index in [1.165, 1.54) is 11.3 Å². The van der Waals surface area contributed by atoms with E-state index in [0.717, 1.165) is 4.88 Å². The maximum atomic E-state index is 7.55. The Bertz CT molecular complexity index is 208. The van der Waals surface area contributed by atoms with Crippen molar-refractivity contribution >= 4 is 11.3 Å². The molecule has 0 aliphatic carbocycles. The Morgan fingerprint density at radius 3 is 3.33 bits per heavy atom. The van der Waals surface area contributed by atoms with E-state index in [0.29, 0.717) is 6.54 Å². The molecule has 0 saturated carbocycles. The van der Waals surface area contributed by atoms with Crippen LogP contribution >= 0.6 is 11.3 Å². The molecule has 0 bridgehead atoms. The summed E-state index contributed by atoms with van der Waals surface area (Å²) in [5.74, 6) is 0. The third-order valence-electron chi connectivity index (χ3n) is 0.910. The van der Waals surface area contributed by atoms with E-state index in [-0.39, 0.29) is 0 Å². The molecule has 0 amide bonds. The lowest BCUT2D eigenvalue weighted by atomic mass is 10.4. The third-order valence-corrected chi connectivity index (χ3v) is 1.69. The predicted molar refractivity (Wildman–Crippen MR) is 41.7 cm³/mol. The zero-order chi connectivity index (χ0) is 8.32. The largest absolute Gasteiger partial charge is 0.312 e. The van der Waals surface area contributed by atoms with Gasteiger partial charge in [-0.1, -0.05) is 13.0 Å². The quantitative estimate of drug-likeness (QED) is 0.681. The summed E-state index contributed by atoms with van der Waals surface area (Å²) in [6.45, 7) is 1.18. The fourth-order valence-corrected chi connectivity index (χ4v) is 1.12. The van der Waals surface area contributed by atoms with E-state index in [1.54, 1.807) is 6.07 Å². The lowest BCUT2D eigenvalue weighted by Crippen LogP contribution is -2.10. The predicted octanol–water partition coefficient (Wildman–Crippen LogP) is 1.86. The molecule has 0 unspecified atom stereocenters. The van der Waals surface area contributed by atoms with E-state index in [2.05, 4.69) is 5.32 Å². The number of rotatable bonds is 3. The summed E-state index contributed by atoms with van der Waals surface area (Å²) in [7, 11) is 0. The summed E-state index contributed by atoms with van der Waals surface area (Å²) in [5, 5.41) is 4.65. The van der Waals surface area contributed by atoms with Crippen LogP contribution < -0.4 is 5.32 Å². The number of nitrogens with one attached hydrogen (secondary N) is 1. The van der Waals surface area contributed by atoms with Gasteiger partial charge in [-0.2, -0.15) is 0 Å². The van der Waals surface area contributed by atoms with Crippen LogP contribution in [0.4, 0.5) is 0 Å². The van der Waals surface area contributed by atoms with Crippen LogP contribution in [0.15, 0.2) is 17.5 Å². The van der Waals surface area contributed by atoms with Gasteiger partial charge in [-0.3, -0.25) is 0 Å². The second kappa shape index (κ2) is 3.64. The van der Waals surface area contributed by atoms with Crippen molar-refractivity contribution in [2.24, 2.45) is 0 Å². The zero-order valence-corrected chi connectivity index (χ0v) is 6.16. The molecule has 1 N–H and O–H groups in total. The molecule has 50 valence electrons. The lowest BCUT2D eigenvalue weighted by molar-refractivity contribution is 0.735. The van der Waals surface area contributed by atoms with Gasteiger partial charge in [-0.05, 0) is 18.0 Å². The molecule has 0 saturated heterocycles. The van der Waals surface area contributed by atoms with Crippen LogP contribution in [-0.4, -0.2) is 6.54 Å². The van der Waals surface area contributed by atoms with Crippen molar-refractivity contribution in [1.29, 1.82) is 0 Å². The van der Waals surface area contributed by atoms with Crippen LogP contribution in [0.3, 0.4) is 0 Å². The fourth-order valence-electron chi connectivity index (χ4n) is 0.525. The van der Waals surface area contributed by atoms with Crippen molar-refractivity contribution in [2.75, 3.05) is 6.54 Å². The number of thiophene rings is 1. The van der Waals surface area contributed by atoms with Crippen LogP contribution in [0, 0.1) is 0 Å². The van der Waals surface area contributed by atoms with Gasteiger partial charge < -0.3 is 5.32 Å². The Balaban J connectivity index is 2.73. The molecular formula is C7H11NS. The van der Waals surface area contributed by atoms with Gasteiger partial charge in [0.25, 0.3) is 0 Å². The highest BCUT2D eigenvalue weighted by atomic mass is 32.1. The van der Waals surface area contributed by atoms with E-state index in [9.17, 15) is 0 Å². The summed E-state index contributed by atoms with van der Waals surface area (Å²) in [6, 6.07) is 3.66. The topological polar surface area (TPSA) is 12.0 Å². The molecule has 0 radical (unpaired) electrons. The highest BCUT2D eigenvalue weighted by Gasteiger charge is 1.88. The highest BCUT2D eigenvalue weighted by molar-refractivity contribution is 7.09. The SMILES string of the molecule is [2H]C([2H])(NCC)c1cccs1. The van der Waals surface area contributed by atoms with Crippen molar-refractivity contribution in [3.63, 3.8) is 0 Å². The molecule has 9 heavy (non-hydrogen) atoms. The molecule has 1 heterocycles. The number of hydrogen-bond acceptors (Lipinski definition) is 2. The Kier molecular flexibility index (Phi) is 1.81. The second-order valence-electron chi connectivity index (χ2n) is 1.63. The molecule has 0 aliphatic heterocycles. The van der Waals surface area contributed by atoms with Gasteiger partial charge in [0, 0.05) is 14.1 Å². The minimum absolute atomic E-state index is 0.644. The van der Waals surface area contributed by atoms with Gasteiger partial charge in [0.1, 0.15) is 0 Å². The molecule has 0 fully saturated rings. The minimum Gasteiger partial charge on any atom is -0.312 e. The zero-order valence-electron chi connectivity index (χ0n) is 7.35. The van der Waals surface area contributed by atoms with Crippen LogP contribution in [-0.2, 0) is 6.50 Å². The molecule has 1 nitrogen and oxygen atoms in total. The van der Waals surface area contributed by atoms with Gasteiger partial charge in [0.15, 0.2) is 0 Å². The molecule has 1 aromatic heterocycles. The van der Waals surface area contributed by atoms with Crippen LogP contribution in [0.2, 0.25) is 0 Å². The van der Waals surface area contributed by atoms with E-state index < -0.39 is 6.50 Å². The second-order valence-corrected chi connectivity index (χ2v) is 2.58. The van der Waals surface area contributed by atoms with Gasteiger partial charge in [-0.15, -0.1) is 11.3 Å². The summed E-state index contributed by atoms with van der Waals surface area (Å²) in [6.07, 6.45) is 0. The Morgan fingerprint density at radius 1 is 1.89 bits per heavy atom. The van der Waals surface area contributed by atoms with Crippen LogP contribution in [0.1, 0.15) is 14.5 Å². The molecule has 2 heteroatoms. The third kappa shape index (κ3) is 2.16. The molecular weight excluding hydrogens is 130 g/mol. The standard InChI is InChI=1S/C7H11NS/c1-2-8-6-7-4-3-5-9-7/h3-5,8H,2,6H2,1H3/i6D2. The first-order valence-corrected chi connectivity index (χ1v) is 3.84. The minimum atomic E-state index is -1.36. The Morgan fingerprint density at radius 2 is 2.78 bits per heavy atom. The van der Waals surface area contributed by atoms with Gasteiger partial charge in [0.05, 0.1) is 0 Å². The first-order valence-electron chi connectivity index (χ1n) is 3.96. The number of hydrogen-bond donors (Lipinski definition) is 1. The van der Waals surface area contributed by atoms with Crippen molar-refractivity contribution in [2.45, 2.75) is 13.4 Å². The van der Waals surface area contributed by atoms with Crippen molar-refractivity contribution < 1.29 is 2.74 Å². The molecule has 0 atom stereocenters. The average Bonchev–Trinajstić information content (AvgIpc) is 2.37. The normalized spacial score (nSPS) is 14.8. The highest BCUT2D eigenvalue weighted by Crippen LogP contribution is 2.06. The summed E-state index contributed by atoms with van der Waals surface area (Å²) < 4.78 is 15.1. The molecule has 0 aliphatic rings. The van der Waals surface area contributed by atoms with Gasteiger partial charge >= 0.3 is 0 Å². The summed E-state index contributed by atoms with van der Waals surface area (Å²) in [4.78, 5) is 0.736. The Labute approximate surface area is 62.5 Å². The summed E-state index contributed by atoms with van der Waals surface area (Å²) in [5.41, 5.74) is 0. The van der Waals surface area contributed by atoms with Crippen LogP contribution in [0.25, 0.3) is 0 Å². The van der Waals surface area contributed by atoms with Crippen LogP contribution in [0.5, 0.6) is 0 Å². The summed E-state index contributed by atoms with van der Waals surface area (Å²) >= 11 is 1.43. The van der Waals surface area contributed by atoms with Crippen molar-refractivity contribution in [1.82, 2.24) is 5.32 Å². The first kappa shape index (κ1) is 4.47. The molecule has 1 rings (SSSR count). The molecule has 0 aromatic carbocycles. The van der Waals surface area contributed by atoms with Crippen molar-refractivity contribution in [3.8, 4) is 0 Å². The molecule has 1 aromatic rings. The van der Waals surface area contributed by atoms with E-state index in [4.69, 9.17) is 2.74 Å². The average molecular weight is 143 g/mol. The lowest BCUT2D eigenvalue weighted by Gasteiger charge is -1.94. The maximum Gasteiger partial charge on any atom is 0.0487 e. The van der Waals surface area contributed by atoms with Crippen molar-refractivity contribution in [3.05, 3.63) is 22.4 Å².